The molecule has 0 aromatic heterocycles. The average molecular weight is 250 g/mol. The lowest BCUT2D eigenvalue weighted by molar-refractivity contribution is 0.0268. The number of carbonyl (C=O) groups is 1. The van der Waals surface area contributed by atoms with E-state index < -0.39 is 11.5 Å². The van der Waals surface area contributed by atoms with Crippen molar-refractivity contribution in [3.05, 3.63) is 35.4 Å². The van der Waals surface area contributed by atoms with E-state index in [2.05, 4.69) is 5.32 Å². The number of hydrogen-bond donors (Lipinski definition) is 3. The normalized spacial score (nSPS) is 23.2. The van der Waals surface area contributed by atoms with E-state index in [1.165, 1.54) is 0 Å². The van der Waals surface area contributed by atoms with Gasteiger partial charge in [-0.05, 0) is 17.7 Å². The fraction of sp³-hybridized carbons (Fsp3) is 0.462. The summed E-state index contributed by atoms with van der Waals surface area (Å²) in [5.41, 5.74) is 5.97. The topological polar surface area (TPSA) is 84.6 Å². The molecule has 0 spiro atoms. The fourth-order valence-electron chi connectivity index (χ4n) is 1.96. The van der Waals surface area contributed by atoms with Crippen molar-refractivity contribution in [1.29, 1.82) is 0 Å². The third-order valence-electron chi connectivity index (χ3n) is 3.10. The largest absolute Gasteiger partial charge is 0.386 e. The molecule has 1 saturated heterocycles. The summed E-state index contributed by atoms with van der Waals surface area (Å²) in [6.07, 6.45) is 0.667. The summed E-state index contributed by atoms with van der Waals surface area (Å²) in [4.78, 5) is 10.9. The number of carbonyl (C=O) groups excluding carboxylic acids is 1. The van der Waals surface area contributed by atoms with Crippen molar-refractivity contribution in [1.82, 2.24) is 5.32 Å². The Kier molecular flexibility index (Phi) is 3.96. The number of nitrogens with two attached hydrogens (primary N) is 1. The van der Waals surface area contributed by atoms with Crippen molar-refractivity contribution < 1.29 is 14.6 Å². The van der Waals surface area contributed by atoms with Gasteiger partial charge in [0.2, 0.25) is 5.91 Å². The SMILES string of the molecule is NC(=O)c1ccc(CNCC2(O)CCOC2)cc1. The molecule has 1 fully saturated rings. The molecule has 0 aliphatic carbocycles. The molecule has 5 nitrogen and oxygen atoms in total. The quantitative estimate of drug-likeness (QED) is 0.688. The van der Waals surface area contributed by atoms with E-state index in [9.17, 15) is 9.90 Å². The van der Waals surface area contributed by atoms with Crippen molar-refractivity contribution in [3.8, 4) is 0 Å². The highest BCUT2D eigenvalue weighted by atomic mass is 16.5. The number of rotatable bonds is 5. The molecule has 5 heteroatoms. The molecule has 1 amide bonds. The van der Waals surface area contributed by atoms with Gasteiger partial charge in [0.1, 0.15) is 5.60 Å². The van der Waals surface area contributed by atoms with E-state index in [0.29, 0.717) is 38.3 Å². The zero-order valence-electron chi connectivity index (χ0n) is 10.2. The first-order chi connectivity index (χ1) is 8.59. The zero-order valence-corrected chi connectivity index (χ0v) is 10.2. The zero-order chi connectivity index (χ0) is 13.0. The van der Waals surface area contributed by atoms with Gasteiger partial charge in [-0.15, -0.1) is 0 Å². The van der Waals surface area contributed by atoms with Crippen molar-refractivity contribution >= 4 is 5.91 Å². The number of primary amides is 1. The second-order valence-corrected chi connectivity index (χ2v) is 4.69. The lowest BCUT2D eigenvalue weighted by atomic mass is 10.0. The van der Waals surface area contributed by atoms with Gasteiger partial charge in [-0.2, -0.15) is 0 Å². The molecule has 1 atom stereocenters. The van der Waals surface area contributed by atoms with E-state index >= 15 is 0 Å². The summed E-state index contributed by atoms with van der Waals surface area (Å²) in [5.74, 6) is -0.424. The first-order valence-electron chi connectivity index (χ1n) is 5.99. The van der Waals surface area contributed by atoms with Gasteiger partial charge in [-0.25, -0.2) is 0 Å². The lowest BCUT2D eigenvalue weighted by Crippen LogP contribution is -2.40. The monoisotopic (exact) mass is 250 g/mol. The molecule has 0 saturated carbocycles. The summed E-state index contributed by atoms with van der Waals surface area (Å²) < 4.78 is 5.16. The van der Waals surface area contributed by atoms with Gasteiger partial charge in [-0.1, -0.05) is 12.1 Å². The predicted molar refractivity (Wildman–Crippen MR) is 67.1 cm³/mol. The Hall–Kier alpha value is -1.43. The fourth-order valence-corrected chi connectivity index (χ4v) is 1.96. The molecule has 0 radical (unpaired) electrons. The maximum absolute atomic E-state index is 10.9. The molecule has 1 unspecified atom stereocenters. The smallest absolute Gasteiger partial charge is 0.248 e. The highest BCUT2D eigenvalue weighted by Gasteiger charge is 2.31. The van der Waals surface area contributed by atoms with Crippen LogP contribution in [0, 0.1) is 0 Å². The first kappa shape index (κ1) is 13.0. The van der Waals surface area contributed by atoms with Gasteiger partial charge in [-0.3, -0.25) is 4.79 Å². The molecule has 1 aliphatic heterocycles. The molecule has 18 heavy (non-hydrogen) atoms. The molecule has 1 aromatic carbocycles. The maximum atomic E-state index is 10.9. The van der Waals surface area contributed by atoms with Crippen molar-refractivity contribution in [3.63, 3.8) is 0 Å². The van der Waals surface area contributed by atoms with Crippen LogP contribution in [0.15, 0.2) is 24.3 Å². The number of ether oxygens (including phenoxy) is 1. The van der Waals surface area contributed by atoms with Crippen LogP contribution in [0.25, 0.3) is 0 Å². The summed E-state index contributed by atoms with van der Waals surface area (Å²) in [6.45, 7) is 2.15. The minimum atomic E-state index is -0.743. The summed E-state index contributed by atoms with van der Waals surface area (Å²) in [5, 5.41) is 13.2. The maximum Gasteiger partial charge on any atom is 0.248 e. The number of amides is 1. The highest BCUT2D eigenvalue weighted by Crippen LogP contribution is 2.17. The van der Waals surface area contributed by atoms with Gasteiger partial charge < -0.3 is 20.9 Å². The van der Waals surface area contributed by atoms with Gasteiger partial charge in [0.05, 0.1) is 6.61 Å². The predicted octanol–water partition coefficient (Wildman–Crippen LogP) is 0.0265. The number of hydrogen-bond acceptors (Lipinski definition) is 4. The Morgan fingerprint density at radius 3 is 2.72 bits per heavy atom. The molecule has 1 aromatic rings. The van der Waals surface area contributed by atoms with Crippen LogP contribution in [0.2, 0.25) is 0 Å². The van der Waals surface area contributed by atoms with Crippen LogP contribution >= 0.6 is 0 Å². The molecular weight excluding hydrogens is 232 g/mol. The summed E-state index contributed by atoms with van der Waals surface area (Å²) >= 11 is 0. The number of aliphatic hydroxyl groups is 1. The summed E-state index contributed by atoms with van der Waals surface area (Å²) in [6, 6.07) is 7.10. The van der Waals surface area contributed by atoms with Crippen LogP contribution in [0.5, 0.6) is 0 Å². The molecule has 1 aliphatic rings. The van der Waals surface area contributed by atoms with E-state index in [-0.39, 0.29) is 0 Å². The molecular formula is C13H18N2O3. The Balaban J connectivity index is 1.81. The molecule has 0 bridgehead atoms. The van der Waals surface area contributed by atoms with Crippen LogP contribution in [0.3, 0.4) is 0 Å². The van der Waals surface area contributed by atoms with Gasteiger partial charge in [0.15, 0.2) is 0 Å². The molecule has 4 N–H and O–H groups in total. The third-order valence-corrected chi connectivity index (χ3v) is 3.10. The Morgan fingerprint density at radius 2 is 2.17 bits per heavy atom. The van der Waals surface area contributed by atoms with Gasteiger partial charge in [0.25, 0.3) is 0 Å². The number of benzene rings is 1. The van der Waals surface area contributed by atoms with Crippen LogP contribution in [0.4, 0.5) is 0 Å². The second-order valence-electron chi connectivity index (χ2n) is 4.69. The van der Waals surface area contributed by atoms with Crippen LogP contribution in [-0.2, 0) is 11.3 Å². The Labute approximate surface area is 106 Å². The van der Waals surface area contributed by atoms with E-state index in [1.807, 2.05) is 12.1 Å². The third kappa shape index (κ3) is 3.29. The summed E-state index contributed by atoms with van der Waals surface area (Å²) in [7, 11) is 0. The van der Waals surface area contributed by atoms with E-state index in [4.69, 9.17) is 10.5 Å². The van der Waals surface area contributed by atoms with E-state index in [1.54, 1.807) is 12.1 Å². The van der Waals surface area contributed by atoms with Crippen molar-refractivity contribution in [2.75, 3.05) is 19.8 Å². The van der Waals surface area contributed by atoms with E-state index in [0.717, 1.165) is 5.56 Å². The lowest BCUT2D eigenvalue weighted by Gasteiger charge is -2.20. The van der Waals surface area contributed by atoms with Gasteiger partial charge >= 0.3 is 0 Å². The standard InChI is InChI=1S/C13H18N2O3/c14-12(16)11-3-1-10(2-4-11)7-15-8-13(17)5-6-18-9-13/h1-4,15,17H,5-9H2,(H2,14,16). The Morgan fingerprint density at radius 1 is 1.44 bits per heavy atom. The molecule has 2 rings (SSSR count). The number of nitrogens with one attached hydrogen (secondary N) is 1. The van der Waals surface area contributed by atoms with Crippen LogP contribution in [-0.4, -0.2) is 36.4 Å². The second kappa shape index (κ2) is 5.48. The van der Waals surface area contributed by atoms with Crippen LogP contribution < -0.4 is 11.1 Å². The average Bonchev–Trinajstić information content (AvgIpc) is 2.77. The first-order valence-corrected chi connectivity index (χ1v) is 5.99. The molecule has 1 heterocycles. The minimum Gasteiger partial charge on any atom is -0.386 e. The van der Waals surface area contributed by atoms with Gasteiger partial charge in [0, 0.05) is 31.7 Å². The highest BCUT2D eigenvalue weighted by molar-refractivity contribution is 5.92. The van der Waals surface area contributed by atoms with Crippen molar-refractivity contribution in [2.45, 2.75) is 18.6 Å². The van der Waals surface area contributed by atoms with Crippen molar-refractivity contribution in [2.24, 2.45) is 5.73 Å². The molecule has 98 valence electrons. The van der Waals surface area contributed by atoms with Crippen LogP contribution in [0.1, 0.15) is 22.3 Å². The minimum absolute atomic E-state index is 0.389. The Bertz CT molecular complexity index is 411.